The summed E-state index contributed by atoms with van der Waals surface area (Å²) in [6.07, 6.45) is 4.29. The molecule has 1 saturated carbocycles. The molecule has 1 fully saturated rings. The van der Waals surface area contributed by atoms with Crippen molar-refractivity contribution in [1.82, 2.24) is 0 Å². The van der Waals surface area contributed by atoms with E-state index in [1.165, 1.54) is 0 Å². The van der Waals surface area contributed by atoms with Crippen LogP contribution in [0.15, 0.2) is 23.2 Å². The number of amides is 1. The molecule has 1 aliphatic carbocycles. The molecule has 1 aromatic carbocycles. The number of benzene rings is 1. The van der Waals surface area contributed by atoms with Crippen molar-refractivity contribution in [1.29, 1.82) is 0 Å². The third kappa shape index (κ3) is 2.86. The maximum Gasteiger partial charge on any atom is 0.227 e. The molecule has 1 aliphatic rings. The molecule has 90 valence electrons. The van der Waals surface area contributed by atoms with E-state index in [-0.39, 0.29) is 11.8 Å². The number of nitrogens with zero attached hydrogens (tertiary/aromatic N) is 1. The minimum absolute atomic E-state index is 0.0971. The second-order valence-electron chi connectivity index (χ2n) is 4.29. The van der Waals surface area contributed by atoms with Crippen LogP contribution in [0.4, 0.5) is 11.4 Å². The summed E-state index contributed by atoms with van der Waals surface area (Å²) in [4.78, 5) is 15.7. The summed E-state index contributed by atoms with van der Waals surface area (Å²) in [5.74, 6) is 0.255. The third-order valence-corrected chi connectivity index (χ3v) is 3.43. The molecule has 17 heavy (non-hydrogen) atoms. The molecule has 4 heteroatoms. The van der Waals surface area contributed by atoms with E-state index in [0.717, 1.165) is 31.4 Å². The summed E-state index contributed by atoms with van der Waals surface area (Å²) in [7, 11) is 0. The van der Waals surface area contributed by atoms with Crippen molar-refractivity contribution >= 4 is 35.6 Å². The molecule has 0 saturated heterocycles. The summed E-state index contributed by atoms with van der Waals surface area (Å²) in [5.41, 5.74) is 1.32. The lowest BCUT2D eigenvalue weighted by molar-refractivity contribution is -0.119. The van der Waals surface area contributed by atoms with Gasteiger partial charge in [-0.25, -0.2) is 0 Å². The lowest BCUT2D eigenvalue weighted by Crippen LogP contribution is -2.20. The van der Waals surface area contributed by atoms with Gasteiger partial charge in [0, 0.05) is 11.6 Å². The predicted molar refractivity (Wildman–Crippen MR) is 71.2 cm³/mol. The Balaban J connectivity index is 2.07. The lowest BCUT2D eigenvalue weighted by atomic mass is 10.1. The molecule has 0 radical (unpaired) electrons. The summed E-state index contributed by atoms with van der Waals surface area (Å²) in [6, 6.07) is 5.24. The fraction of sp³-hybridized carbons (Fsp3) is 0.385. The monoisotopic (exact) mass is 250 g/mol. The number of nitrogens with one attached hydrogen (secondary N) is 1. The van der Waals surface area contributed by atoms with Crippen LogP contribution >= 0.6 is 11.6 Å². The van der Waals surface area contributed by atoms with Gasteiger partial charge in [-0.2, -0.15) is 0 Å². The van der Waals surface area contributed by atoms with Crippen molar-refractivity contribution in [3.63, 3.8) is 0 Å². The molecule has 0 atom stereocenters. The molecule has 0 heterocycles. The zero-order valence-corrected chi connectivity index (χ0v) is 10.3. The summed E-state index contributed by atoms with van der Waals surface area (Å²) < 4.78 is 0. The Bertz CT molecular complexity index is 439. The number of hydrogen-bond acceptors (Lipinski definition) is 2. The molecule has 0 aromatic heterocycles. The van der Waals surface area contributed by atoms with Gasteiger partial charge in [0.1, 0.15) is 0 Å². The molecule has 0 bridgehead atoms. The van der Waals surface area contributed by atoms with Crippen LogP contribution in [0.3, 0.4) is 0 Å². The standard InChI is InChI=1S/C13H15ClN2O/c1-15-12-8-10(6-7-11(12)14)16-13(17)9-4-2-3-5-9/h6-9H,1-5H2,(H,16,17). The number of rotatable bonds is 3. The van der Waals surface area contributed by atoms with Crippen LogP contribution in [-0.2, 0) is 4.79 Å². The number of aliphatic imine (C=N–C) groups is 1. The van der Waals surface area contributed by atoms with Crippen molar-refractivity contribution in [2.45, 2.75) is 25.7 Å². The fourth-order valence-electron chi connectivity index (χ4n) is 2.14. The summed E-state index contributed by atoms with van der Waals surface area (Å²) in [6.45, 7) is 3.44. The average Bonchev–Trinajstić information content (AvgIpc) is 2.85. The number of carbonyl (C=O) groups excluding carboxylic acids is 1. The zero-order chi connectivity index (χ0) is 12.3. The highest BCUT2D eigenvalue weighted by Gasteiger charge is 2.22. The van der Waals surface area contributed by atoms with Crippen LogP contribution in [0.5, 0.6) is 0 Å². The van der Waals surface area contributed by atoms with E-state index in [4.69, 9.17) is 11.6 Å². The number of halogens is 1. The van der Waals surface area contributed by atoms with Crippen LogP contribution in [0.1, 0.15) is 25.7 Å². The minimum atomic E-state index is 0.0971. The van der Waals surface area contributed by atoms with Gasteiger partial charge in [-0.3, -0.25) is 9.79 Å². The Labute approximate surface area is 106 Å². The Morgan fingerprint density at radius 1 is 1.41 bits per heavy atom. The molecule has 1 amide bonds. The Kier molecular flexibility index (Phi) is 3.79. The second-order valence-corrected chi connectivity index (χ2v) is 4.70. The highest BCUT2D eigenvalue weighted by molar-refractivity contribution is 6.33. The topological polar surface area (TPSA) is 41.5 Å². The van der Waals surface area contributed by atoms with E-state index in [1.807, 2.05) is 0 Å². The van der Waals surface area contributed by atoms with E-state index in [2.05, 4.69) is 17.0 Å². The van der Waals surface area contributed by atoms with Gasteiger partial charge >= 0.3 is 0 Å². The highest BCUT2D eigenvalue weighted by Crippen LogP contribution is 2.29. The quantitative estimate of drug-likeness (QED) is 0.815. The first-order valence-electron chi connectivity index (χ1n) is 5.78. The molecule has 0 spiro atoms. The number of carbonyl (C=O) groups is 1. The van der Waals surface area contributed by atoms with Gasteiger partial charge in [0.05, 0.1) is 10.7 Å². The fourth-order valence-corrected chi connectivity index (χ4v) is 2.32. The summed E-state index contributed by atoms with van der Waals surface area (Å²) >= 11 is 5.91. The van der Waals surface area contributed by atoms with Gasteiger partial charge in [0.15, 0.2) is 0 Å². The SMILES string of the molecule is C=Nc1cc(NC(=O)C2CCCC2)ccc1Cl. The molecule has 0 aliphatic heterocycles. The predicted octanol–water partition coefficient (Wildman–Crippen LogP) is 3.80. The van der Waals surface area contributed by atoms with E-state index in [9.17, 15) is 4.79 Å². The van der Waals surface area contributed by atoms with E-state index in [0.29, 0.717) is 10.7 Å². The Morgan fingerprint density at radius 3 is 2.76 bits per heavy atom. The molecule has 3 nitrogen and oxygen atoms in total. The Morgan fingerprint density at radius 2 is 2.12 bits per heavy atom. The van der Waals surface area contributed by atoms with E-state index < -0.39 is 0 Å². The van der Waals surface area contributed by atoms with Gasteiger partial charge in [0.25, 0.3) is 0 Å². The third-order valence-electron chi connectivity index (χ3n) is 3.11. The van der Waals surface area contributed by atoms with Crippen LogP contribution < -0.4 is 5.32 Å². The Hall–Kier alpha value is -1.35. The van der Waals surface area contributed by atoms with Crippen LogP contribution in [0.2, 0.25) is 5.02 Å². The van der Waals surface area contributed by atoms with Crippen molar-refractivity contribution in [3.05, 3.63) is 23.2 Å². The first kappa shape index (κ1) is 12.1. The molecule has 1 N–H and O–H groups in total. The van der Waals surface area contributed by atoms with E-state index >= 15 is 0 Å². The normalized spacial score (nSPS) is 15.8. The molecular formula is C13H15ClN2O. The summed E-state index contributed by atoms with van der Waals surface area (Å²) in [5, 5.41) is 3.44. The van der Waals surface area contributed by atoms with Crippen molar-refractivity contribution in [2.75, 3.05) is 5.32 Å². The van der Waals surface area contributed by atoms with Gasteiger partial charge in [-0.05, 0) is 37.8 Å². The van der Waals surface area contributed by atoms with Gasteiger partial charge in [-0.1, -0.05) is 24.4 Å². The molecule has 2 rings (SSSR count). The van der Waals surface area contributed by atoms with Crippen molar-refractivity contribution in [3.8, 4) is 0 Å². The zero-order valence-electron chi connectivity index (χ0n) is 9.58. The number of anilines is 1. The van der Waals surface area contributed by atoms with Crippen LogP contribution in [0, 0.1) is 5.92 Å². The second kappa shape index (κ2) is 5.32. The first-order chi connectivity index (χ1) is 8.20. The molecule has 1 aromatic rings. The van der Waals surface area contributed by atoms with Gasteiger partial charge in [0.2, 0.25) is 5.91 Å². The maximum absolute atomic E-state index is 11.9. The molecular weight excluding hydrogens is 236 g/mol. The first-order valence-corrected chi connectivity index (χ1v) is 6.15. The average molecular weight is 251 g/mol. The molecule has 0 unspecified atom stereocenters. The largest absolute Gasteiger partial charge is 0.326 e. The van der Waals surface area contributed by atoms with Gasteiger partial charge < -0.3 is 5.32 Å². The maximum atomic E-state index is 11.9. The van der Waals surface area contributed by atoms with Crippen molar-refractivity contribution in [2.24, 2.45) is 10.9 Å². The highest BCUT2D eigenvalue weighted by atomic mass is 35.5. The van der Waals surface area contributed by atoms with Gasteiger partial charge in [-0.15, -0.1) is 0 Å². The smallest absolute Gasteiger partial charge is 0.227 e. The number of hydrogen-bond donors (Lipinski definition) is 1. The lowest BCUT2D eigenvalue weighted by Gasteiger charge is -2.11. The van der Waals surface area contributed by atoms with Crippen LogP contribution in [0.25, 0.3) is 0 Å². The van der Waals surface area contributed by atoms with Crippen molar-refractivity contribution < 1.29 is 4.79 Å². The van der Waals surface area contributed by atoms with Crippen LogP contribution in [-0.4, -0.2) is 12.6 Å². The van der Waals surface area contributed by atoms with E-state index in [1.54, 1.807) is 18.2 Å². The minimum Gasteiger partial charge on any atom is -0.326 e.